The number of nitrogens with one attached hydrogen (secondary N) is 1. The van der Waals surface area contributed by atoms with Gasteiger partial charge in [-0.15, -0.1) is 0 Å². The van der Waals surface area contributed by atoms with Crippen LogP contribution in [0.1, 0.15) is 15.9 Å². The molecule has 1 amide bonds. The second-order valence-corrected chi connectivity index (χ2v) is 4.96. The number of nitrogens with two attached hydrogens (primary N) is 1. The zero-order valence-corrected chi connectivity index (χ0v) is 11.8. The fourth-order valence-electron chi connectivity index (χ4n) is 1.63. The molecule has 0 bridgehead atoms. The first-order valence-corrected chi connectivity index (χ1v) is 6.50. The molecule has 0 aromatic heterocycles. The molecule has 0 heterocycles. The Balaban J connectivity index is 2.07. The molecule has 0 spiro atoms. The predicted octanol–water partition coefficient (Wildman–Crippen LogP) is 3.64. The quantitative estimate of drug-likeness (QED) is 0.850. The zero-order valence-electron chi connectivity index (χ0n) is 10.3. The molecular formula is C14H11Cl2FN2O. The first-order valence-electron chi connectivity index (χ1n) is 5.74. The Morgan fingerprint density at radius 1 is 1.20 bits per heavy atom. The van der Waals surface area contributed by atoms with E-state index in [4.69, 9.17) is 28.9 Å². The number of carbonyl (C=O) groups excluding carboxylic acids is 1. The van der Waals surface area contributed by atoms with Crippen LogP contribution in [0.25, 0.3) is 0 Å². The van der Waals surface area contributed by atoms with E-state index in [1.807, 2.05) is 0 Å². The third-order valence-electron chi connectivity index (χ3n) is 2.68. The molecule has 20 heavy (non-hydrogen) atoms. The third-order valence-corrected chi connectivity index (χ3v) is 3.50. The summed E-state index contributed by atoms with van der Waals surface area (Å²) < 4.78 is 12.7. The van der Waals surface area contributed by atoms with Gasteiger partial charge in [-0.25, -0.2) is 4.39 Å². The van der Waals surface area contributed by atoms with Crippen molar-refractivity contribution < 1.29 is 9.18 Å². The maximum absolute atomic E-state index is 12.7. The number of nitrogen functional groups attached to an aromatic ring is 1. The smallest absolute Gasteiger partial charge is 0.251 e. The van der Waals surface area contributed by atoms with Gasteiger partial charge in [-0.05, 0) is 29.8 Å². The summed E-state index contributed by atoms with van der Waals surface area (Å²) in [6, 6.07) is 8.75. The highest BCUT2D eigenvalue weighted by Gasteiger charge is 2.11. The monoisotopic (exact) mass is 312 g/mol. The topological polar surface area (TPSA) is 55.1 Å². The lowest BCUT2D eigenvalue weighted by Gasteiger charge is -2.08. The largest absolute Gasteiger partial charge is 0.397 e. The summed E-state index contributed by atoms with van der Waals surface area (Å²) in [7, 11) is 0. The number of hydrogen-bond donors (Lipinski definition) is 2. The molecule has 0 saturated heterocycles. The second kappa shape index (κ2) is 6.11. The average molecular weight is 313 g/mol. The highest BCUT2D eigenvalue weighted by molar-refractivity contribution is 6.43. The standard InChI is InChI=1S/C14H11Cl2FN2O/c15-11-5-9(6-12(18)13(11)16)14(20)19-7-8-1-3-10(17)4-2-8/h1-6H,7,18H2,(H,19,20). The highest BCUT2D eigenvalue weighted by Crippen LogP contribution is 2.29. The van der Waals surface area contributed by atoms with Crippen LogP contribution in [0.4, 0.5) is 10.1 Å². The van der Waals surface area contributed by atoms with E-state index < -0.39 is 0 Å². The van der Waals surface area contributed by atoms with Crippen molar-refractivity contribution in [2.45, 2.75) is 6.54 Å². The number of halogens is 3. The van der Waals surface area contributed by atoms with Crippen LogP contribution >= 0.6 is 23.2 Å². The predicted molar refractivity (Wildman–Crippen MR) is 78.4 cm³/mol. The number of hydrogen-bond acceptors (Lipinski definition) is 2. The normalized spacial score (nSPS) is 10.3. The van der Waals surface area contributed by atoms with Crippen LogP contribution in [0.3, 0.4) is 0 Å². The summed E-state index contributed by atoms with van der Waals surface area (Å²) in [5.41, 5.74) is 6.99. The van der Waals surface area contributed by atoms with Crippen molar-refractivity contribution in [3.05, 3.63) is 63.4 Å². The maximum Gasteiger partial charge on any atom is 0.251 e. The van der Waals surface area contributed by atoms with Crippen LogP contribution in [-0.2, 0) is 6.54 Å². The molecule has 3 N–H and O–H groups in total. The average Bonchev–Trinajstić information content (AvgIpc) is 2.43. The van der Waals surface area contributed by atoms with Crippen LogP contribution < -0.4 is 11.1 Å². The van der Waals surface area contributed by atoms with Crippen molar-refractivity contribution in [1.82, 2.24) is 5.32 Å². The SMILES string of the molecule is Nc1cc(C(=O)NCc2ccc(F)cc2)cc(Cl)c1Cl. The van der Waals surface area contributed by atoms with Crippen molar-refractivity contribution in [3.8, 4) is 0 Å². The Morgan fingerprint density at radius 3 is 2.45 bits per heavy atom. The molecule has 0 aliphatic heterocycles. The van der Waals surface area contributed by atoms with Gasteiger partial charge in [0.25, 0.3) is 5.91 Å². The summed E-state index contributed by atoms with van der Waals surface area (Å²) >= 11 is 11.7. The minimum absolute atomic E-state index is 0.221. The summed E-state index contributed by atoms with van der Waals surface area (Å²) in [6.45, 7) is 0.277. The van der Waals surface area contributed by atoms with Gasteiger partial charge in [0.1, 0.15) is 5.82 Å². The molecule has 0 fully saturated rings. The molecule has 0 radical (unpaired) electrons. The highest BCUT2D eigenvalue weighted by atomic mass is 35.5. The lowest BCUT2D eigenvalue weighted by atomic mass is 10.1. The lowest BCUT2D eigenvalue weighted by molar-refractivity contribution is 0.0951. The minimum Gasteiger partial charge on any atom is -0.397 e. The molecular weight excluding hydrogens is 302 g/mol. The fourth-order valence-corrected chi connectivity index (χ4v) is 1.96. The minimum atomic E-state index is -0.334. The molecule has 0 aliphatic carbocycles. The van der Waals surface area contributed by atoms with Crippen LogP contribution in [0, 0.1) is 5.82 Å². The molecule has 0 atom stereocenters. The van der Waals surface area contributed by atoms with E-state index >= 15 is 0 Å². The molecule has 6 heteroatoms. The van der Waals surface area contributed by atoms with Gasteiger partial charge in [0.2, 0.25) is 0 Å². The van der Waals surface area contributed by atoms with Crippen LogP contribution in [0.15, 0.2) is 36.4 Å². The van der Waals surface area contributed by atoms with Crippen molar-refractivity contribution >= 4 is 34.8 Å². The van der Waals surface area contributed by atoms with E-state index in [2.05, 4.69) is 5.32 Å². The Kier molecular flexibility index (Phi) is 4.47. The van der Waals surface area contributed by atoms with Crippen LogP contribution in [0.5, 0.6) is 0 Å². The summed E-state index contributed by atoms with van der Waals surface area (Å²) in [5.74, 6) is -0.656. The molecule has 0 saturated carbocycles. The second-order valence-electron chi connectivity index (χ2n) is 4.17. The molecule has 104 valence electrons. The first-order chi connectivity index (χ1) is 9.47. The van der Waals surface area contributed by atoms with E-state index in [0.717, 1.165) is 5.56 Å². The molecule has 2 aromatic rings. The zero-order chi connectivity index (χ0) is 14.7. The third kappa shape index (κ3) is 3.40. The number of carbonyl (C=O) groups is 1. The van der Waals surface area contributed by atoms with E-state index in [1.54, 1.807) is 12.1 Å². The Hall–Kier alpha value is -1.78. The van der Waals surface area contributed by atoms with E-state index in [1.165, 1.54) is 24.3 Å². The lowest BCUT2D eigenvalue weighted by Crippen LogP contribution is -2.22. The van der Waals surface area contributed by atoms with E-state index in [0.29, 0.717) is 5.56 Å². The fraction of sp³-hybridized carbons (Fsp3) is 0.0714. The van der Waals surface area contributed by atoms with Gasteiger partial charge in [0, 0.05) is 12.1 Å². The Labute approximate surface area is 125 Å². The van der Waals surface area contributed by atoms with Gasteiger partial charge in [-0.2, -0.15) is 0 Å². The molecule has 2 rings (SSSR count). The van der Waals surface area contributed by atoms with E-state index in [-0.39, 0.29) is 34.0 Å². The van der Waals surface area contributed by atoms with Crippen LogP contribution in [-0.4, -0.2) is 5.91 Å². The summed E-state index contributed by atoms with van der Waals surface area (Å²) in [6.07, 6.45) is 0. The van der Waals surface area contributed by atoms with Gasteiger partial charge in [0.05, 0.1) is 15.7 Å². The van der Waals surface area contributed by atoms with Gasteiger partial charge in [-0.1, -0.05) is 35.3 Å². The van der Waals surface area contributed by atoms with Gasteiger partial charge < -0.3 is 11.1 Å². The Morgan fingerprint density at radius 2 is 1.85 bits per heavy atom. The van der Waals surface area contributed by atoms with E-state index in [9.17, 15) is 9.18 Å². The molecule has 2 aromatic carbocycles. The molecule has 0 unspecified atom stereocenters. The van der Waals surface area contributed by atoms with Gasteiger partial charge >= 0.3 is 0 Å². The van der Waals surface area contributed by atoms with Crippen molar-refractivity contribution in [3.63, 3.8) is 0 Å². The van der Waals surface area contributed by atoms with Crippen molar-refractivity contribution in [1.29, 1.82) is 0 Å². The molecule has 0 aliphatic rings. The first kappa shape index (κ1) is 14.6. The number of anilines is 1. The van der Waals surface area contributed by atoms with Crippen molar-refractivity contribution in [2.24, 2.45) is 0 Å². The Bertz CT molecular complexity index is 621. The van der Waals surface area contributed by atoms with Crippen molar-refractivity contribution in [2.75, 3.05) is 5.73 Å². The van der Waals surface area contributed by atoms with Crippen LogP contribution in [0.2, 0.25) is 10.0 Å². The molecule has 3 nitrogen and oxygen atoms in total. The number of rotatable bonds is 3. The maximum atomic E-state index is 12.7. The van der Waals surface area contributed by atoms with Gasteiger partial charge in [-0.3, -0.25) is 4.79 Å². The number of benzene rings is 2. The number of amides is 1. The summed E-state index contributed by atoms with van der Waals surface area (Å²) in [4.78, 5) is 12.0. The van der Waals surface area contributed by atoms with Gasteiger partial charge in [0.15, 0.2) is 0 Å². The summed E-state index contributed by atoms with van der Waals surface area (Å²) in [5, 5.41) is 3.13.